The van der Waals surface area contributed by atoms with Crippen LogP contribution >= 0.6 is 0 Å². The number of carbonyl (C=O) groups is 2. The van der Waals surface area contributed by atoms with Gasteiger partial charge in [0.25, 0.3) is 5.56 Å². The summed E-state index contributed by atoms with van der Waals surface area (Å²) in [5, 5.41) is 0. The molecule has 0 atom stereocenters. The zero-order chi connectivity index (χ0) is 22.0. The van der Waals surface area contributed by atoms with Crippen LogP contribution < -0.4 is 16.7 Å². The normalized spacial score (nSPS) is 10.8. The van der Waals surface area contributed by atoms with Crippen molar-refractivity contribution in [2.75, 3.05) is 5.43 Å². The summed E-state index contributed by atoms with van der Waals surface area (Å²) in [6.07, 6.45) is 0. The smallest absolute Gasteiger partial charge is 0.291 e. The molecule has 0 unspecified atom stereocenters. The minimum Gasteiger partial charge on any atom is -0.366 e. The predicted molar refractivity (Wildman–Crippen MR) is 112 cm³/mol. The summed E-state index contributed by atoms with van der Waals surface area (Å²) in [6.45, 7) is 4.89. The first-order valence-electron chi connectivity index (χ1n) is 9.29. The number of benzene rings is 2. The number of primary amides is 1. The zero-order valence-electron chi connectivity index (χ0n) is 16.8. The van der Waals surface area contributed by atoms with Crippen molar-refractivity contribution in [2.45, 2.75) is 26.7 Å². The number of ketones is 1. The first-order chi connectivity index (χ1) is 14.2. The molecule has 3 rings (SSSR count). The molecular weight excluding hydrogens is 387 g/mol. The van der Waals surface area contributed by atoms with Gasteiger partial charge < -0.3 is 5.73 Å². The molecule has 3 aromatic rings. The Morgan fingerprint density at radius 2 is 1.83 bits per heavy atom. The molecule has 0 aliphatic rings. The lowest BCUT2D eigenvalue weighted by molar-refractivity contribution is 0.0993. The van der Waals surface area contributed by atoms with Crippen LogP contribution in [0.4, 0.5) is 10.1 Å². The van der Waals surface area contributed by atoms with Gasteiger partial charge >= 0.3 is 0 Å². The van der Waals surface area contributed by atoms with Crippen molar-refractivity contribution >= 4 is 17.4 Å². The van der Waals surface area contributed by atoms with E-state index in [1.54, 1.807) is 32.0 Å². The number of anilines is 1. The number of Topliss-reactive ketones (excluding diaryl/α,β-unsaturated/α-hetero) is 1. The van der Waals surface area contributed by atoms with Crippen molar-refractivity contribution in [1.82, 2.24) is 9.66 Å². The molecule has 0 bridgehead atoms. The highest BCUT2D eigenvalue weighted by atomic mass is 19.1. The fourth-order valence-electron chi connectivity index (χ4n) is 3.06. The van der Waals surface area contributed by atoms with Gasteiger partial charge in [-0.25, -0.2) is 14.1 Å². The number of hydrogen-bond donors (Lipinski definition) is 2. The van der Waals surface area contributed by atoms with Gasteiger partial charge in [0.2, 0.25) is 5.91 Å². The van der Waals surface area contributed by atoms with Gasteiger partial charge in [0, 0.05) is 24.0 Å². The van der Waals surface area contributed by atoms with E-state index in [1.165, 1.54) is 37.3 Å². The van der Waals surface area contributed by atoms with Crippen LogP contribution in [0.15, 0.2) is 53.3 Å². The minimum atomic E-state index is -0.629. The highest BCUT2D eigenvalue weighted by Gasteiger charge is 2.23. The van der Waals surface area contributed by atoms with Gasteiger partial charge in [-0.15, -0.1) is 0 Å². The van der Waals surface area contributed by atoms with Crippen LogP contribution in [0.1, 0.15) is 53.2 Å². The Morgan fingerprint density at radius 1 is 1.13 bits per heavy atom. The molecule has 1 aromatic heterocycles. The van der Waals surface area contributed by atoms with Gasteiger partial charge in [-0.1, -0.05) is 32.0 Å². The molecular formula is C22H21FN4O3. The number of nitrogens with two attached hydrogens (primary N) is 1. The molecule has 0 spiro atoms. The van der Waals surface area contributed by atoms with Crippen molar-refractivity contribution in [1.29, 1.82) is 0 Å². The second kappa shape index (κ2) is 8.28. The second-order valence-electron chi connectivity index (χ2n) is 7.11. The minimum absolute atomic E-state index is 0.0283. The van der Waals surface area contributed by atoms with Crippen LogP contribution in [-0.4, -0.2) is 21.4 Å². The molecule has 154 valence electrons. The summed E-state index contributed by atoms with van der Waals surface area (Å²) in [4.78, 5) is 41.6. The topological polar surface area (TPSA) is 107 Å². The van der Waals surface area contributed by atoms with Crippen LogP contribution in [0.5, 0.6) is 0 Å². The Labute approximate surface area is 172 Å². The fraction of sp³-hybridized carbons (Fsp3) is 0.182. The Kier molecular flexibility index (Phi) is 5.77. The molecule has 0 radical (unpaired) electrons. The lowest BCUT2D eigenvalue weighted by Gasteiger charge is -2.19. The maximum absolute atomic E-state index is 13.9. The standard InChI is InChI=1S/C22H21FN4O3/c1-12(2)18-22(30)27(26-17-9-5-7-15(11-17)21(24)29)20(13(3)28)19(25-18)14-6-4-8-16(23)10-14/h4-12,26H,1-3H3,(H2,24,29). The third-order valence-corrected chi connectivity index (χ3v) is 4.47. The quantitative estimate of drug-likeness (QED) is 0.608. The van der Waals surface area contributed by atoms with Gasteiger partial charge in [-0.3, -0.25) is 19.8 Å². The van der Waals surface area contributed by atoms with Crippen LogP contribution in [0.25, 0.3) is 11.3 Å². The average molecular weight is 408 g/mol. The van der Waals surface area contributed by atoms with Crippen LogP contribution in [0, 0.1) is 5.82 Å². The molecule has 2 aromatic carbocycles. The SMILES string of the molecule is CC(=O)c1c(-c2cccc(F)c2)nc(C(C)C)c(=O)n1Nc1cccc(C(N)=O)c1. The van der Waals surface area contributed by atoms with Gasteiger partial charge in [0.15, 0.2) is 5.78 Å². The van der Waals surface area contributed by atoms with Crippen molar-refractivity contribution in [3.8, 4) is 11.3 Å². The number of amides is 1. The third-order valence-electron chi connectivity index (χ3n) is 4.47. The molecule has 0 fully saturated rings. The summed E-state index contributed by atoms with van der Waals surface area (Å²) in [7, 11) is 0. The van der Waals surface area contributed by atoms with E-state index in [1.807, 2.05) is 0 Å². The van der Waals surface area contributed by atoms with Crippen molar-refractivity contribution < 1.29 is 14.0 Å². The van der Waals surface area contributed by atoms with Gasteiger partial charge in [-0.2, -0.15) is 0 Å². The molecule has 8 heteroatoms. The number of hydrogen-bond acceptors (Lipinski definition) is 5. The molecule has 30 heavy (non-hydrogen) atoms. The van der Waals surface area contributed by atoms with Crippen molar-refractivity contribution in [3.05, 3.63) is 81.7 Å². The number of nitrogens with zero attached hydrogens (tertiary/aromatic N) is 2. The summed E-state index contributed by atoms with van der Waals surface area (Å²) < 4.78 is 14.9. The zero-order valence-corrected chi connectivity index (χ0v) is 16.8. The lowest BCUT2D eigenvalue weighted by Crippen LogP contribution is -2.35. The van der Waals surface area contributed by atoms with E-state index < -0.39 is 23.1 Å². The largest absolute Gasteiger partial charge is 0.366 e. The molecule has 0 saturated carbocycles. The Hall–Kier alpha value is -3.81. The summed E-state index contributed by atoms with van der Waals surface area (Å²) in [5.41, 5.74) is 9.03. The highest BCUT2D eigenvalue weighted by molar-refractivity contribution is 5.98. The van der Waals surface area contributed by atoms with Gasteiger partial charge in [0.05, 0.1) is 5.69 Å². The van der Waals surface area contributed by atoms with E-state index in [-0.39, 0.29) is 28.6 Å². The second-order valence-corrected chi connectivity index (χ2v) is 7.11. The maximum Gasteiger partial charge on any atom is 0.291 e. The third kappa shape index (κ3) is 4.12. The number of rotatable bonds is 6. The van der Waals surface area contributed by atoms with E-state index in [0.717, 1.165) is 4.68 Å². The van der Waals surface area contributed by atoms with Crippen molar-refractivity contribution in [2.24, 2.45) is 5.73 Å². The van der Waals surface area contributed by atoms with E-state index in [4.69, 9.17) is 5.73 Å². The number of carbonyl (C=O) groups excluding carboxylic acids is 2. The Bertz CT molecular complexity index is 1200. The molecule has 0 saturated heterocycles. The summed E-state index contributed by atoms with van der Waals surface area (Å²) in [6, 6.07) is 11.9. The first-order valence-corrected chi connectivity index (χ1v) is 9.29. The fourth-order valence-corrected chi connectivity index (χ4v) is 3.06. The van der Waals surface area contributed by atoms with Crippen LogP contribution in [0.2, 0.25) is 0 Å². The lowest BCUT2D eigenvalue weighted by atomic mass is 10.0. The number of halogens is 1. The first kappa shape index (κ1) is 20.9. The van der Waals surface area contributed by atoms with E-state index in [0.29, 0.717) is 11.3 Å². The molecule has 3 N–H and O–H groups in total. The van der Waals surface area contributed by atoms with E-state index in [2.05, 4.69) is 10.4 Å². The molecule has 0 aliphatic heterocycles. The van der Waals surface area contributed by atoms with Gasteiger partial charge in [0.1, 0.15) is 22.9 Å². The maximum atomic E-state index is 13.9. The van der Waals surface area contributed by atoms with Gasteiger partial charge in [-0.05, 0) is 30.3 Å². The number of aromatic nitrogens is 2. The van der Waals surface area contributed by atoms with Crippen LogP contribution in [-0.2, 0) is 0 Å². The molecule has 1 heterocycles. The summed E-state index contributed by atoms with van der Waals surface area (Å²) >= 11 is 0. The molecule has 1 amide bonds. The van der Waals surface area contributed by atoms with E-state index in [9.17, 15) is 18.8 Å². The monoisotopic (exact) mass is 408 g/mol. The highest BCUT2D eigenvalue weighted by Crippen LogP contribution is 2.24. The number of nitrogens with one attached hydrogen (secondary N) is 1. The van der Waals surface area contributed by atoms with E-state index >= 15 is 0 Å². The Morgan fingerprint density at radius 3 is 2.43 bits per heavy atom. The van der Waals surface area contributed by atoms with Crippen LogP contribution in [0.3, 0.4) is 0 Å². The van der Waals surface area contributed by atoms with Crippen molar-refractivity contribution in [3.63, 3.8) is 0 Å². The predicted octanol–water partition coefficient (Wildman–Crippen LogP) is 3.35. The molecule has 7 nitrogen and oxygen atoms in total. The summed E-state index contributed by atoms with van der Waals surface area (Å²) in [5.74, 6) is -1.81. The molecule has 0 aliphatic carbocycles. The average Bonchev–Trinajstić information content (AvgIpc) is 2.69. The Balaban J connectivity index is 2.30.